The van der Waals surface area contributed by atoms with Crippen LogP contribution in [-0.2, 0) is 0 Å². The molecule has 0 aliphatic carbocycles. The third-order valence-electron chi connectivity index (χ3n) is 2.72. The molecular formula is C16H17IN2O2. The van der Waals surface area contributed by atoms with Crippen molar-refractivity contribution in [3.63, 3.8) is 0 Å². The molecule has 21 heavy (non-hydrogen) atoms. The Morgan fingerprint density at radius 2 is 2.00 bits per heavy atom. The number of hydrogen-bond donors (Lipinski definition) is 1. The number of hydrogen-bond acceptors (Lipinski definition) is 4. The summed E-state index contributed by atoms with van der Waals surface area (Å²) in [5.41, 5.74) is 4.88. The molecule has 0 aliphatic rings. The lowest BCUT2D eigenvalue weighted by Crippen LogP contribution is -1.99. The van der Waals surface area contributed by atoms with Crippen molar-refractivity contribution >= 4 is 34.5 Å². The molecule has 0 spiro atoms. The Hall–Kier alpha value is -1.76. The first-order valence-corrected chi connectivity index (χ1v) is 7.67. The van der Waals surface area contributed by atoms with E-state index in [4.69, 9.17) is 9.47 Å². The van der Waals surface area contributed by atoms with Crippen LogP contribution in [0.3, 0.4) is 0 Å². The van der Waals surface area contributed by atoms with Crippen LogP contribution in [0.15, 0.2) is 47.6 Å². The number of halogens is 1. The van der Waals surface area contributed by atoms with Gasteiger partial charge in [0, 0.05) is 0 Å². The summed E-state index contributed by atoms with van der Waals surface area (Å²) >= 11 is 2.23. The lowest BCUT2D eigenvalue weighted by atomic mass is 10.2. The minimum Gasteiger partial charge on any atom is -0.492 e. The van der Waals surface area contributed by atoms with Crippen LogP contribution < -0.4 is 14.9 Å². The molecule has 1 N–H and O–H groups in total. The SMILES string of the molecule is CCOc1cc(C=NNc2ccccc2)cc(I)c1OC. The maximum atomic E-state index is 5.60. The quantitative estimate of drug-likeness (QED) is 0.453. The van der Waals surface area contributed by atoms with Crippen LogP contribution in [0, 0.1) is 3.57 Å². The van der Waals surface area contributed by atoms with Gasteiger partial charge in [-0.3, -0.25) is 5.43 Å². The van der Waals surface area contributed by atoms with Gasteiger partial charge in [0.25, 0.3) is 0 Å². The number of nitrogens with zero attached hydrogens (tertiary/aromatic N) is 1. The summed E-state index contributed by atoms with van der Waals surface area (Å²) in [6.07, 6.45) is 1.76. The lowest BCUT2D eigenvalue weighted by Gasteiger charge is -2.11. The highest BCUT2D eigenvalue weighted by Gasteiger charge is 2.10. The summed E-state index contributed by atoms with van der Waals surface area (Å²) in [7, 11) is 1.64. The summed E-state index contributed by atoms with van der Waals surface area (Å²) in [6, 6.07) is 13.7. The van der Waals surface area contributed by atoms with Crippen LogP contribution in [-0.4, -0.2) is 19.9 Å². The molecule has 0 radical (unpaired) electrons. The predicted molar refractivity (Wildman–Crippen MR) is 94.5 cm³/mol. The Bertz CT molecular complexity index is 615. The topological polar surface area (TPSA) is 42.8 Å². The number of anilines is 1. The fourth-order valence-corrected chi connectivity index (χ4v) is 2.66. The van der Waals surface area contributed by atoms with Gasteiger partial charge in [-0.1, -0.05) is 18.2 Å². The smallest absolute Gasteiger partial charge is 0.174 e. The third kappa shape index (κ3) is 4.35. The Morgan fingerprint density at radius 3 is 2.67 bits per heavy atom. The first-order valence-electron chi connectivity index (χ1n) is 6.59. The van der Waals surface area contributed by atoms with E-state index in [1.165, 1.54) is 0 Å². The van der Waals surface area contributed by atoms with E-state index in [1.807, 2.05) is 49.4 Å². The molecule has 0 atom stereocenters. The molecule has 0 heterocycles. The van der Waals surface area contributed by atoms with Gasteiger partial charge in [-0.05, 0) is 59.3 Å². The minimum absolute atomic E-state index is 0.593. The number of nitrogens with one attached hydrogen (secondary N) is 1. The number of benzene rings is 2. The summed E-state index contributed by atoms with van der Waals surface area (Å²) in [5.74, 6) is 1.48. The lowest BCUT2D eigenvalue weighted by molar-refractivity contribution is 0.309. The van der Waals surface area contributed by atoms with Crippen molar-refractivity contribution in [2.45, 2.75) is 6.92 Å². The molecule has 2 rings (SSSR count). The second-order valence-electron chi connectivity index (χ2n) is 4.20. The first-order chi connectivity index (χ1) is 10.2. The zero-order valence-electron chi connectivity index (χ0n) is 12.0. The van der Waals surface area contributed by atoms with Gasteiger partial charge in [0.15, 0.2) is 11.5 Å². The largest absolute Gasteiger partial charge is 0.492 e. The molecule has 0 amide bonds. The Kier molecular flexibility index (Phi) is 5.86. The van der Waals surface area contributed by atoms with Crippen molar-refractivity contribution in [1.29, 1.82) is 0 Å². The van der Waals surface area contributed by atoms with Crippen molar-refractivity contribution in [2.75, 3.05) is 19.1 Å². The normalized spacial score (nSPS) is 10.6. The summed E-state index contributed by atoms with van der Waals surface area (Å²) in [5, 5.41) is 4.23. The molecule has 4 nitrogen and oxygen atoms in total. The van der Waals surface area contributed by atoms with E-state index >= 15 is 0 Å². The Labute approximate surface area is 138 Å². The molecule has 0 aliphatic heterocycles. The van der Waals surface area contributed by atoms with Gasteiger partial charge in [0.05, 0.1) is 29.2 Å². The molecule has 2 aromatic carbocycles. The number of para-hydroxylation sites is 1. The van der Waals surface area contributed by atoms with Crippen molar-refractivity contribution in [3.05, 3.63) is 51.6 Å². The maximum Gasteiger partial charge on any atom is 0.174 e. The molecule has 0 unspecified atom stereocenters. The third-order valence-corrected chi connectivity index (χ3v) is 3.52. The molecular weight excluding hydrogens is 379 g/mol. The molecule has 0 saturated carbocycles. The summed E-state index contributed by atoms with van der Waals surface area (Å²) < 4.78 is 12.0. The van der Waals surface area contributed by atoms with E-state index in [0.29, 0.717) is 6.61 Å². The predicted octanol–water partition coefficient (Wildman–Crippen LogP) is 4.14. The molecule has 0 bridgehead atoms. The molecule has 110 valence electrons. The summed E-state index contributed by atoms with van der Waals surface area (Å²) in [4.78, 5) is 0. The maximum absolute atomic E-state index is 5.60. The minimum atomic E-state index is 0.593. The van der Waals surface area contributed by atoms with Gasteiger partial charge in [-0.2, -0.15) is 5.10 Å². The van der Waals surface area contributed by atoms with Crippen LogP contribution in [0.25, 0.3) is 0 Å². The van der Waals surface area contributed by atoms with Crippen LogP contribution >= 0.6 is 22.6 Å². The van der Waals surface area contributed by atoms with Crippen molar-refractivity contribution in [2.24, 2.45) is 5.10 Å². The average molecular weight is 396 g/mol. The summed E-state index contributed by atoms with van der Waals surface area (Å²) in [6.45, 7) is 2.54. The highest BCUT2D eigenvalue weighted by Crippen LogP contribution is 2.33. The van der Waals surface area contributed by atoms with Crippen LogP contribution in [0.4, 0.5) is 5.69 Å². The van der Waals surface area contributed by atoms with Gasteiger partial charge in [-0.25, -0.2) is 0 Å². The number of methoxy groups -OCH3 is 1. The highest BCUT2D eigenvalue weighted by atomic mass is 127. The molecule has 0 fully saturated rings. The van der Waals surface area contributed by atoms with E-state index in [1.54, 1.807) is 13.3 Å². The highest BCUT2D eigenvalue weighted by molar-refractivity contribution is 14.1. The fraction of sp³-hybridized carbons (Fsp3) is 0.188. The standard InChI is InChI=1S/C16H17IN2O2/c1-3-21-15-10-12(9-14(17)16(15)20-2)11-18-19-13-7-5-4-6-8-13/h4-11,19H,3H2,1-2H3. The van der Waals surface area contributed by atoms with E-state index in [9.17, 15) is 0 Å². The number of rotatable bonds is 6. The average Bonchev–Trinajstić information content (AvgIpc) is 2.48. The van der Waals surface area contributed by atoms with Gasteiger partial charge in [0.2, 0.25) is 0 Å². The zero-order valence-corrected chi connectivity index (χ0v) is 14.1. The van der Waals surface area contributed by atoms with Gasteiger partial charge in [-0.15, -0.1) is 0 Å². The van der Waals surface area contributed by atoms with Crippen LogP contribution in [0.5, 0.6) is 11.5 Å². The molecule has 5 heteroatoms. The van der Waals surface area contributed by atoms with E-state index < -0.39 is 0 Å². The van der Waals surface area contributed by atoms with Crippen LogP contribution in [0.1, 0.15) is 12.5 Å². The van der Waals surface area contributed by atoms with E-state index in [-0.39, 0.29) is 0 Å². The molecule has 0 aromatic heterocycles. The first kappa shape index (κ1) is 15.6. The fourth-order valence-electron chi connectivity index (χ4n) is 1.82. The van der Waals surface area contributed by atoms with E-state index in [2.05, 4.69) is 33.1 Å². The monoisotopic (exact) mass is 396 g/mol. The number of hydrazone groups is 1. The molecule has 0 saturated heterocycles. The van der Waals surface area contributed by atoms with Crippen molar-refractivity contribution in [1.82, 2.24) is 0 Å². The van der Waals surface area contributed by atoms with Gasteiger partial charge in [0.1, 0.15) is 0 Å². The zero-order chi connectivity index (χ0) is 15.1. The van der Waals surface area contributed by atoms with Crippen LogP contribution in [0.2, 0.25) is 0 Å². The van der Waals surface area contributed by atoms with Gasteiger partial charge < -0.3 is 9.47 Å². The second-order valence-corrected chi connectivity index (χ2v) is 5.37. The second kappa shape index (κ2) is 7.87. The Morgan fingerprint density at radius 1 is 1.24 bits per heavy atom. The Balaban J connectivity index is 2.16. The van der Waals surface area contributed by atoms with Gasteiger partial charge >= 0.3 is 0 Å². The van der Waals surface area contributed by atoms with E-state index in [0.717, 1.165) is 26.3 Å². The van der Waals surface area contributed by atoms with Crippen molar-refractivity contribution < 1.29 is 9.47 Å². The van der Waals surface area contributed by atoms with Crippen molar-refractivity contribution in [3.8, 4) is 11.5 Å². The molecule has 2 aromatic rings. The number of ether oxygens (including phenoxy) is 2.